The highest BCUT2D eigenvalue weighted by Crippen LogP contribution is 2.33. The van der Waals surface area contributed by atoms with Crippen LogP contribution >= 0.6 is 0 Å². The van der Waals surface area contributed by atoms with Crippen LogP contribution in [0.2, 0.25) is 0 Å². The van der Waals surface area contributed by atoms with Gasteiger partial charge in [0.2, 0.25) is 0 Å². The third-order valence-electron chi connectivity index (χ3n) is 8.42. The van der Waals surface area contributed by atoms with Crippen molar-refractivity contribution in [2.45, 2.75) is 104 Å². The van der Waals surface area contributed by atoms with Crippen LogP contribution in [0.4, 0.5) is 13.2 Å². The van der Waals surface area contributed by atoms with E-state index in [-0.39, 0.29) is 11.4 Å². The molecule has 0 amide bonds. The monoisotopic (exact) mass is 580 g/mol. The SMILES string of the molecule is CCCCCCCCCCc1ccc(-c2ccc(-c3ccc(C4OCC(CCCCC)CO4)cc3F)cc2)c(F)c1F. The standard InChI is InChI=1S/C37H47F3O2/c1-3-5-7-8-9-10-11-13-15-30-20-23-33(36(40)35(30)39)29-18-16-28(17-19-29)32-22-21-31(24-34(32)38)37-41-25-27(26-42-37)14-12-6-4-2/h16-24,27,37H,3-15,25-26H2,1-2H3. The largest absolute Gasteiger partial charge is 0.348 e. The molecule has 4 rings (SSSR count). The van der Waals surface area contributed by atoms with Gasteiger partial charge in [0.15, 0.2) is 17.9 Å². The summed E-state index contributed by atoms with van der Waals surface area (Å²) in [7, 11) is 0. The minimum absolute atomic E-state index is 0.217. The molecule has 1 aliphatic rings. The van der Waals surface area contributed by atoms with Gasteiger partial charge < -0.3 is 9.47 Å². The Morgan fingerprint density at radius 2 is 1.19 bits per heavy atom. The molecule has 1 fully saturated rings. The Labute approximate surface area is 250 Å². The molecule has 0 N–H and O–H groups in total. The van der Waals surface area contributed by atoms with E-state index in [2.05, 4.69) is 13.8 Å². The quantitative estimate of drug-likeness (QED) is 0.157. The Balaban J connectivity index is 1.33. The summed E-state index contributed by atoms with van der Waals surface area (Å²) >= 11 is 0. The third kappa shape index (κ3) is 8.94. The molecule has 1 aliphatic heterocycles. The third-order valence-corrected chi connectivity index (χ3v) is 8.42. The summed E-state index contributed by atoms with van der Waals surface area (Å²) < 4.78 is 56.9. The fourth-order valence-corrected chi connectivity index (χ4v) is 5.78. The van der Waals surface area contributed by atoms with E-state index in [1.807, 2.05) is 6.07 Å². The summed E-state index contributed by atoms with van der Waals surface area (Å²) in [6.07, 6.45) is 14.0. The molecule has 3 aromatic rings. The van der Waals surface area contributed by atoms with E-state index in [1.165, 1.54) is 57.4 Å². The van der Waals surface area contributed by atoms with Crippen molar-refractivity contribution in [2.24, 2.45) is 5.92 Å². The van der Waals surface area contributed by atoms with Gasteiger partial charge in [-0.1, -0.05) is 127 Å². The van der Waals surface area contributed by atoms with Gasteiger partial charge in [-0.2, -0.15) is 0 Å². The van der Waals surface area contributed by atoms with Gasteiger partial charge in [-0.05, 0) is 42.0 Å². The lowest BCUT2D eigenvalue weighted by Gasteiger charge is -2.29. The van der Waals surface area contributed by atoms with Gasteiger partial charge >= 0.3 is 0 Å². The molecular weight excluding hydrogens is 533 g/mol. The normalized spacial score (nSPS) is 17.1. The van der Waals surface area contributed by atoms with Crippen molar-refractivity contribution in [1.29, 1.82) is 0 Å². The van der Waals surface area contributed by atoms with Crippen LogP contribution in [0.3, 0.4) is 0 Å². The molecule has 3 aromatic carbocycles. The van der Waals surface area contributed by atoms with Gasteiger partial charge in [-0.25, -0.2) is 13.2 Å². The van der Waals surface area contributed by atoms with Crippen LogP contribution in [-0.4, -0.2) is 13.2 Å². The van der Waals surface area contributed by atoms with E-state index >= 15 is 8.78 Å². The highest BCUT2D eigenvalue weighted by molar-refractivity contribution is 5.71. The highest BCUT2D eigenvalue weighted by Gasteiger charge is 2.24. The molecule has 0 bridgehead atoms. The van der Waals surface area contributed by atoms with Crippen molar-refractivity contribution in [2.75, 3.05) is 13.2 Å². The Kier molecular flexibility index (Phi) is 13.0. The fraction of sp³-hybridized carbons (Fsp3) is 0.514. The van der Waals surface area contributed by atoms with E-state index in [4.69, 9.17) is 9.47 Å². The maximum atomic E-state index is 15.2. The van der Waals surface area contributed by atoms with Gasteiger partial charge in [0, 0.05) is 22.6 Å². The smallest absolute Gasteiger partial charge is 0.183 e. The van der Waals surface area contributed by atoms with Gasteiger partial charge in [0.1, 0.15) is 5.82 Å². The topological polar surface area (TPSA) is 18.5 Å². The van der Waals surface area contributed by atoms with Crippen molar-refractivity contribution in [1.82, 2.24) is 0 Å². The number of halogens is 3. The Morgan fingerprint density at radius 1 is 0.619 bits per heavy atom. The number of hydrogen-bond donors (Lipinski definition) is 0. The molecule has 1 heterocycles. The molecule has 0 saturated carbocycles. The second kappa shape index (κ2) is 16.9. The van der Waals surface area contributed by atoms with Crippen LogP contribution in [0.1, 0.15) is 108 Å². The van der Waals surface area contributed by atoms with Gasteiger partial charge in [0.25, 0.3) is 0 Å². The summed E-state index contributed by atoms with van der Waals surface area (Å²) in [5.74, 6) is -1.57. The van der Waals surface area contributed by atoms with Crippen molar-refractivity contribution in [3.8, 4) is 22.3 Å². The maximum Gasteiger partial charge on any atom is 0.183 e. The number of ether oxygens (including phenoxy) is 2. The van der Waals surface area contributed by atoms with E-state index in [1.54, 1.807) is 42.5 Å². The molecule has 0 aromatic heterocycles. The van der Waals surface area contributed by atoms with Crippen LogP contribution < -0.4 is 0 Å². The lowest BCUT2D eigenvalue weighted by atomic mass is 9.96. The van der Waals surface area contributed by atoms with Crippen LogP contribution in [0.5, 0.6) is 0 Å². The first-order valence-corrected chi connectivity index (χ1v) is 16.1. The van der Waals surface area contributed by atoms with Crippen LogP contribution in [0.25, 0.3) is 22.3 Å². The summed E-state index contributed by atoms with van der Waals surface area (Å²) in [5, 5.41) is 0. The number of aryl methyl sites for hydroxylation is 1. The second-order valence-electron chi connectivity index (χ2n) is 11.8. The zero-order valence-electron chi connectivity index (χ0n) is 25.4. The second-order valence-corrected chi connectivity index (χ2v) is 11.8. The number of hydrogen-bond acceptors (Lipinski definition) is 2. The molecule has 0 aliphatic carbocycles. The van der Waals surface area contributed by atoms with E-state index in [0.717, 1.165) is 25.7 Å². The first kappa shape index (κ1) is 32.3. The zero-order chi connectivity index (χ0) is 29.7. The number of unbranched alkanes of at least 4 members (excludes halogenated alkanes) is 9. The first-order valence-electron chi connectivity index (χ1n) is 16.1. The summed E-state index contributed by atoms with van der Waals surface area (Å²) in [4.78, 5) is 0. The van der Waals surface area contributed by atoms with Crippen LogP contribution in [0.15, 0.2) is 54.6 Å². The van der Waals surface area contributed by atoms with Crippen molar-refractivity contribution in [3.05, 3.63) is 83.2 Å². The molecule has 0 atom stereocenters. The predicted octanol–water partition coefficient (Wildman–Crippen LogP) is 11.4. The summed E-state index contributed by atoms with van der Waals surface area (Å²) in [6.45, 7) is 5.64. The average molecular weight is 581 g/mol. The average Bonchev–Trinajstić information content (AvgIpc) is 3.01. The van der Waals surface area contributed by atoms with E-state index < -0.39 is 17.9 Å². The molecule has 0 spiro atoms. The molecule has 1 saturated heterocycles. The number of benzene rings is 3. The molecule has 42 heavy (non-hydrogen) atoms. The Bertz CT molecular complexity index is 1230. The minimum Gasteiger partial charge on any atom is -0.348 e. The molecule has 0 radical (unpaired) electrons. The molecule has 2 nitrogen and oxygen atoms in total. The van der Waals surface area contributed by atoms with Gasteiger partial charge in [-0.15, -0.1) is 0 Å². The molecule has 5 heteroatoms. The Morgan fingerprint density at radius 3 is 1.83 bits per heavy atom. The lowest BCUT2D eigenvalue weighted by molar-refractivity contribution is -0.206. The van der Waals surface area contributed by atoms with Crippen LogP contribution in [-0.2, 0) is 15.9 Å². The first-order chi connectivity index (χ1) is 20.5. The minimum atomic E-state index is -0.824. The van der Waals surface area contributed by atoms with E-state index in [0.29, 0.717) is 53.4 Å². The molecular formula is C37H47F3O2. The Hall–Kier alpha value is -2.63. The molecule has 0 unspecified atom stereocenters. The summed E-state index contributed by atoms with van der Waals surface area (Å²) in [6, 6.07) is 15.3. The van der Waals surface area contributed by atoms with Gasteiger partial charge in [0.05, 0.1) is 13.2 Å². The maximum absolute atomic E-state index is 15.2. The lowest BCUT2D eigenvalue weighted by Crippen LogP contribution is -2.27. The van der Waals surface area contributed by atoms with Crippen molar-refractivity contribution >= 4 is 0 Å². The summed E-state index contributed by atoms with van der Waals surface area (Å²) in [5.41, 5.74) is 2.96. The van der Waals surface area contributed by atoms with E-state index in [9.17, 15) is 4.39 Å². The highest BCUT2D eigenvalue weighted by atomic mass is 19.2. The van der Waals surface area contributed by atoms with Crippen LogP contribution in [0, 0.1) is 23.4 Å². The zero-order valence-corrected chi connectivity index (χ0v) is 25.4. The van der Waals surface area contributed by atoms with Crippen molar-refractivity contribution < 1.29 is 22.6 Å². The van der Waals surface area contributed by atoms with Crippen molar-refractivity contribution in [3.63, 3.8) is 0 Å². The predicted molar refractivity (Wildman–Crippen MR) is 166 cm³/mol. The fourth-order valence-electron chi connectivity index (χ4n) is 5.78. The number of rotatable bonds is 16. The molecule has 228 valence electrons. The van der Waals surface area contributed by atoms with Gasteiger partial charge in [-0.3, -0.25) is 0 Å².